The summed E-state index contributed by atoms with van der Waals surface area (Å²) in [4.78, 5) is 6.97. The molecule has 29 heavy (non-hydrogen) atoms. The molecule has 0 aliphatic heterocycles. The van der Waals surface area contributed by atoms with Crippen molar-refractivity contribution in [3.05, 3.63) is 102 Å². The quantitative estimate of drug-likeness (QED) is 0.421. The maximum absolute atomic E-state index is 5.50. The van der Waals surface area contributed by atoms with Crippen molar-refractivity contribution in [2.45, 2.75) is 13.5 Å². The van der Waals surface area contributed by atoms with Gasteiger partial charge in [-0.25, -0.2) is 0 Å². The van der Waals surface area contributed by atoms with Crippen molar-refractivity contribution in [1.82, 2.24) is 4.90 Å². The minimum atomic E-state index is 0.667. The third kappa shape index (κ3) is 5.52. The first-order chi connectivity index (χ1) is 14.1. The van der Waals surface area contributed by atoms with Gasteiger partial charge in [0.1, 0.15) is 5.84 Å². The van der Waals surface area contributed by atoms with Gasteiger partial charge in [0.2, 0.25) is 0 Å². The molecule has 0 amide bonds. The largest absolute Gasteiger partial charge is 0.363 e. The molecular weight excluding hydrogens is 354 g/mol. The first kappa shape index (κ1) is 21.8. The molecule has 0 aromatic heterocycles. The van der Waals surface area contributed by atoms with Gasteiger partial charge in [-0.05, 0) is 47.5 Å². The number of nitrogens with zero attached hydrogens (tertiary/aromatic N) is 2. The summed E-state index contributed by atoms with van der Waals surface area (Å²) in [5.74, 6) is 0.983. The van der Waals surface area contributed by atoms with E-state index in [1.165, 1.54) is 22.3 Å². The van der Waals surface area contributed by atoms with Crippen molar-refractivity contribution >= 4 is 18.6 Å². The third-order valence-corrected chi connectivity index (χ3v) is 4.64. The van der Waals surface area contributed by atoms with E-state index in [1.54, 1.807) is 0 Å². The van der Waals surface area contributed by atoms with Gasteiger partial charge < -0.3 is 10.3 Å². The van der Waals surface area contributed by atoms with Crippen LogP contribution in [-0.2, 0) is 6.54 Å². The highest BCUT2D eigenvalue weighted by atomic mass is 15.1. The molecule has 0 aliphatic rings. The van der Waals surface area contributed by atoms with Gasteiger partial charge in [-0.3, -0.25) is 4.99 Å². The fraction of sp³-hybridized carbons (Fsp3) is 0.154. The SMILES string of the molecule is C=Cc1ccccc1-c1cc(C(=NCc2ccccc2)N(C)C)ccc1C.C=N. The molecule has 0 heterocycles. The Morgan fingerprint density at radius 2 is 1.59 bits per heavy atom. The van der Waals surface area contributed by atoms with Crippen LogP contribution in [0.3, 0.4) is 0 Å². The minimum Gasteiger partial charge on any atom is -0.363 e. The van der Waals surface area contributed by atoms with Gasteiger partial charge >= 0.3 is 0 Å². The first-order valence-electron chi connectivity index (χ1n) is 9.54. The zero-order chi connectivity index (χ0) is 21.2. The van der Waals surface area contributed by atoms with Gasteiger partial charge in [-0.2, -0.15) is 0 Å². The molecule has 0 unspecified atom stereocenters. The van der Waals surface area contributed by atoms with E-state index in [0.717, 1.165) is 17.0 Å². The number of aryl methyl sites for hydroxylation is 1. The second-order valence-electron chi connectivity index (χ2n) is 6.84. The number of hydrogen-bond donors (Lipinski definition) is 1. The Morgan fingerprint density at radius 1 is 0.931 bits per heavy atom. The Balaban J connectivity index is 0.00000145. The van der Waals surface area contributed by atoms with Crippen LogP contribution in [0, 0.1) is 12.3 Å². The van der Waals surface area contributed by atoms with Crippen LogP contribution in [0.2, 0.25) is 0 Å². The molecule has 0 spiro atoms. The summed E-state index contributed by atoms with van der Waals surface area (Å²) < 4.78 is 0. The van der Waals surface area contributed by atoms with Crippen molar-refractivity contribution in [2.24, 2.45) is 4.99 Å². The predicted molar refractivity (Wildman–Crippen MR) is 127 cm³/mol. The standard InChI is InChI=1S/C25H26N2.CH3N/c1-5-21-13-9-10-14-23(21)24-17-22(16-15-19(24)2)25(27(3)4)26-18-20-11-7-6-8-12-20;1-2/h5-17H,1,18H2,2-4H3;2H,1H2. The van der Waals surface area contributed by atoms with Crippen LogP contribution < -0.4 is 0 Å². The first-order valence-corrected chi connectivity index (χ1v) is 9.54. The van der Waals surface area contributed by atoms with E-state index in [1.807, 2.05) is 32.3 Å². The van der Waals surface area contributed by atoms with E-state index in [9.17, 15) is 0 Å². The minimum absolute atomic E-state index is 0.667. The lowest BCUT2D eigenvalue weighted by Crippen LogP contribution is -2.23. The van der Waals surface area contributed by atoms with Gasteiger partial charge in [0.05, 0.1) is 6.54 Å². The lowest BCUT2D eigenvalue weighted by molar-refractivity contribution is 0.619. The zero-order valence-electron chi connectivity index (χ0n) is 17.5. The van der Waals surface area contributed by atoms with E-state index >= 15 is 0 Å². The molecule has 0 saturated heterocycles. The van der Waals surface area contributed by atoms with E-state index < -0.39 is 0 Å². The van der Waals surface area contributed by atoms with Crippen molar-refractivity contribution in [3.63, 3.8) is 0 Å². The average molecular weight is 384 g/mol. The van der Waals surface area contributed by atoms with Gasteiger partial charge in [-0.15, -0.1) is 0 Å². The van der Waals surface area contributed by atoms with Crippen LogP contribution in [0.1, 0.15) is 22.3 Å². The van der Waals surface area contributed by atoms with Crippen LogP contribution in [0.15, 0.2) is 84.4 Å². The summed E-state index contributed by atoms with van der Waals surface area (Å²) in [5, 5.41) is 5.50. The van der Waals surface area contributed by atoms with Crippen LogP contribution in [-0.4, -0.2) is 31.5 Å². The molecule has 0 saturated carbocycles. The smallest absolute Gasteiger partial charge is 0.130 e. The van der Waals surface area contributed by atoms with Crippen LogP contribution in [0.4, 0.5) is 0 Å². The Hall–Kier alpha value is -3.46. The fourth-order valence-corrected chi connectivity index (χ4v) is 3.21. The van der Waals surface area contributed by atoms with Crippen LogP contribution in [0.5, 0.6) is 0 Å². The summed E-state index contributed by atoms with van der Waals surface area (Å²) in [7, 11) is 4.09. The average Bonchev–Trinajstić information content (AvgIpc) is 2.77. The Labute approximate surface area is 174 Å². The molecular formula is C26H29N3. The number of amidine groups is 1. The summed E-state index contributed by atoms with van der Waals surface area (Å²) in [5.41, 5.74) is 7.14. The molecule has 0 radical (unpaired) electrons. The summed E-state index contributed by atoms with van der Waals surface area (Å²) in [6.07, 6.45) is 1.91. The zero-order valence-corrected chi connectivity index (χ0v) is 17.5. The molecule has 3 aromatic rings. The third-order valence-electron chi connectivity index (χ3n) is 4.64. The molecule has 0 fully saturated rings. The van der Waals surface area contributed by atoms with E-state index in [-0.39, 0.29) is 0 Å². The second kappa shape index (κ2) is 10.8. The van der Waals surface area contributed by atoms with E-state index in [0.29, 0.717) is 6.54 Å². The normalized spacial score (nSPS) is 10.7. The monoisotopic (exact) mass is 383 g/mol. The molecule has 0 bridgehead atoms. The lowest BCUT2D eigenvalue weighted by Gasteiger charge is -2.18. The van der Waals surface area contributed by atoms with Crippen molar-refractivity contribution in [3.8, 4) is 11.1 Å². The van der Waals surface area contributed by atoms with Crippen LogP contribution >= 0.6 is 0 Å². The maximum atomic E-state index is 5.50. The predicted octanol–water partition coefficient (Wildman–Crippen LogP) is 6.08. The molecule has 0 atom stereocenters. The molecule has 148 valence electrons. The van der Waals surface area contributed by atoms with Gasteiger partial charge in [0, 0.05) is 19.7 Å². The topological polar surface area (TPSA) is 39.5 Å². The maximum Gasteiger partial charge on any atom is 0.130 e. The molecule has 3 heteroatoms. The second-order valence-corrected chi connectivity index (χ2v) is 6.84. The van der Waals surface area contributed by atoms with E-state index in [4.69, 9.17) is 10.4 Å². The van der Waals surface area contributed by atoms with Crippen molar-refractivity contribution in [2.75, 3.05) is 14.1 Å². The molecule has 1 N–H and O–H groups in total. The lowest BCUT2D eigenvalue weighted by atomic mass is 9.94. The molecule has 0 aliphatic carbocycles. The number of aliphatic imine (C=N–C) groups is 1. The van der Waals surface area contributed by atoms with Crippen molar-refractivity contribution < 1.29 is 0 Å². The van der Waals surface area contributed by atoms with Gasteiger partial charge in [-0.1, -0.05) is 79.4 Å². The number of rotatable bonds is 5. The highest BCUT2D eigenvalue weighted by Crippen LogP contribution is 2.29. The van der Waals surface area contributed by atoms with Crippen molar-refractivity contribution in [1.29, 1.82) is 5.41 Å². The Morgan fingerprint density at radius 3 is 2.24 bits per heavy atom. The number of nitrogens with one attached hydrogen (secondary N) is 1. The van der Waals surface area contributed by atoms with E-state index in [2.05, 4.69) is 85.8 Å². The summed E-state index contributed by atoms with van der Waals surface area (Å²) in [6, 6.07) is 25.3. The van der Waals surface area contributed by atoms with Gasteiger partial charge in [0.15, 0.2) is 0 Å². The molecule has 3 rings (SSSR count). The molecule has 3 nitrogen and oxygen atoms in total. The Kier molecular flexibility index (Phi) is 8.11. The number of hydrogen-bond acceptors (Lipinski definition) is 2. The summed E-state index contributed by atoms with van der Waals surface area (Å²) in [6.45, 7) is 9.28. The van der Waals surface area contributed by atoms with Crippen LogP contribution in [0.25, 0.3) is 17.2 Å². The number of benzene rings is 3. The van der Waals surface area contributed by atoms with Gasteiger partial charge in [0.25, 0.3) is 0 Å². The molecule has 3 aromatic carbocycles. The highest BCUT2D eigenvalue weighted by Gasteiger charge is 2.11. The Bertz CT molecular complexity index is 972. The fourth-order valence-electron chi connectivity index (χ4n) is 3.21. The summed E-state index contributed by atoms with van der Waals surface area (Å²) >= 11 is 0. The highest BCUT2D eigenvalue weighted by molar-refractivity contribution is 6.00.